The number of hydrogen-bond acceptors (Lipinski definition) is 3. The second kappa shape index (κ2) is 6.65. The van der Waals surface area contributed by atoms with E-state index < -0.39 is 0 Å². The molecule has 5 heteroatoms. The van der Waals surface area contributed by atoms with Gasteiger partial charge in [-0.25, -0.2) is 4.98 Å². The fourth-order valence-electron chi connectivity index (χ4n) is 2.86. The van der Waals surface area contributed by atoms with Gasteiger partial charge in [-0.05, 0) is 48.9 Å². The summed E-state index contributed by atoms with van der Waals surface area (Å²) in [6.07, 6.45) is 1.68. The zero-order chi connectivity index (χ0) is 17.2. The number of ether oxygens (including phenoxy) is 1. The van der Waals surface area contributed by atoms with Gasteiger partial charge in [0.2, 0.25) is 0 Å². The zero-order valence-electron chi connectivity index (χ0n) is 13.8. The van der Waals surface area contributed by atoms with Crippen LogP contribution in [0.25, 0.3) is 11.0 Å². The van der Waals surface area contributed by atoms with Crippen LogP contribution in [0.1, 0.15) is 17.1 Å². The third-order valence-electron chi connectivity index (χ3n) is 4.13. The van der Waals surface area contributed by atoms with Crippen LogP contribution in [0.5, 0.6) is 5.75 Å². The second-order valence-corrected chi connectivity index (χ2v) is 6.32. The number of benzene rings is 2. The molecule has 0 N–H and O–H groups in total. The minimum Gasteiger partial charge on any atom is -0.485 e. The summed E-state index contributed by atoms with van der Waals surface area (Å²) in [4.78, 5) is 4.71. The Labute approximate surface area is 150 Å². The van der Waals surface area contributed by atoms with E-state index in [-0.39, 0.29) is 0 Å². The maximum atomic E-state index is 6.12. The van der Waals surface area contributed by atoms with Crippen LogP contribution in [0.15, 0.2) is 65.3 Å². The number of rotatable bonds is 5. The standard InChI is InChI=1S/C20H17ClN2O2/c1-14-5-2-3-7-19(14)25-13-20-22-17-11-15(21)8-9-18(17)23(20)12-16-6-4-10-24-16/h2-11H,12-13H2,1H3. The van der Waals surface area contributed by atoms with Crippen LogP contribution >= 0.6 is 11.6 Å². The Morgan fingerprint density at radius 3 is 2.80 bits per heavy atom. The van der Waals surface area contributed by atoms with Crippen molar-refractivity contribution in [1.29, 1.82) is 0 Å². The number of halogens is 1. The lowest BCUT2D eigenvalue weighted by Crippen LogP contribution is -2.08. The first-order valence-electron chi connectivity index (χ1n) is 8.06. The molecule has 0 atom stereocenters. The van der Waals surface area contributed by atoms with Gasteiger partial charge in [0.15, 0.2) is 0 Å². The van der Waals surface area contributed by atoms with E-state index in [4.69, 9.17) is 25.7 Å². The first-order valence-corrected chi connectivity index (χ1v) is 8.44. The smallest absolute Gasteiger partial charge is 0.148 e. The average molecular weight is 353 g/mol. The fourth-order valence-corrected chi connectivity index (χ4v) is 3.02. The Balaban J connectivity index is 1.70. The summed E-state index contributed by atoms with van der Waals surface area (Å²) in [5, 5.41) is 0.668. The van der Waals surface area contributed by atoms with Gasteiger partial charge in [0, 0.05) is 5.02 Å². The van der Waals surface area contributed by atoms with Crippen LogP contribution < -0.4 is 4.74 Å². The van der Waals surface area contributed by atoms with Crippen LogP contribution in [0, 0.1) is 6.92 Å². The molecule has 2 aromatic heterocycles. The second-order valence-electron chi connectivity index (χ2n) is 5.88. The van der Waals surface area contributed by atoms with Crippen molar-refractivity contribution in [2.24, 2.45) is 0 Å². The van der Waals surface area contributed by atoms with Crippen molar-refractivity contribution in [2.45, 2.75) is 20.1 Å². The van der Waals surface area contributed by atoms with Gasteiger partial charge >= 0.3 is 0 Å². The molecule has 25 heavy (non-hydrogen) atoms. The van der Waals surface area contributed by atoms with E-state index in [1.807, 2.05) is 61.5 Å². The summed E-state index contributed by atoms with van der Waals surface area (Å²) in [6.45, 7) is 3.00. The molecule has 2 heterocycles. The number of hydrogen-bond donors (Lipinski definition) is 0. The molecule has 4 nitrogen and oxygen atoms in total. The van der Waals surface area contributed by atoms with Crippen molar-refractivity contribution in [3.63, 3.8) is 0 Å². The number of nitrogens with zero attached hydrogens (tertiary/aromatic N) is 2. The molecule has 126 valence electrons. The highest BCUT2D eigenvalue weighted by Crippen LogP contribution is 2.24. The number of aromatic nitrogens is 2. The predicted molar refractivity (Wildman–Crippen MR) is 98.1 cm³/mol. The molecule has 0 saturated carbocycles. The normalized spacial score (nSPS) is 11.1. The highest BCUT2D eigenvalue weighted by Gasteiger charge is 2.13. The van der Waals surface area contributed by atoms with E-state index >= 15 is 0 Å². The quantitative estimate of drug-likeness (QED) is 0.494. The van der Waals surface area contributed by atoms with E-state index in [0.717, 1.165) is 33.9 Å². The van der Waals surface area contributed by atoms with E-state index in [1.54, 1.807) is 6.26 Å². The summed E-state index contributed by atoms with van der Waals surface area (Å²) in [5.74, 6) is 2.56. The van der Waals surface area contributed by atoms with Crippen LogP contribution in [0.2, 0.25) is 5.02 Å². The number of para-hydroxylation sites is 1. The molecule has 0 fully saturated rings. The molecule has 4 aromatic rings. The minimum absolute atomic E-state index is 0.373. The van der Waals surface area contributed by atoms with Crippen molar-refractivity contribution < 1.29 is 9.15 Å². The predicted octanol–water partition coefficient (Wildman–Crippen LogP) is 5.22. The summed E-state index contributed by atoms with van der Waals surface area (Å²) in [5.41, 5.74) is 2.95. The highest BCUT2D eigenvalue weighted by molar-refractivity contribution is 6.31. The Bertz CT molecular complexity index is 1010. The molecule has 4 rings (SSSR count). The third-order valence-corrected chi connectivity index (χ3v) is 4.37. The van der Waals surface area contributed by atoms with Crippen molar-refractivity contribution >= 4 is 22.6 Å². The summed E-state index contributed by atoms with van der Waals surface area (Å²) < 4.78 is 13.6. The number of furan rings is 1. The van der Waals surface area contributed by atoms with Gasteiger partial charge < -0.3 is 13.7 Å². The van der Waals surface area contributed by atoms with Gasteiger partial charge in [0.25, 0.3) is 0 Å². The molecular weight excluding hydrogens is 336 g/mol. The molecule has 0 amide bonds. The van der Waals surface area contributed by atoms with Crippen molar-refractivity contribution in [3.05, 3.63) is 83.0 Å². The topological polar surface area (TPSA) is 40.2 Å². The zero-order valence-corrected chi connectivity index (χ0v) is 14.5. The van der Waals surface area contributed by atoms with E-state index in [2.05, 4.69) is 4.57 Å². The lowest BCUT2D eigenvalue weighted by molar-refractivity contribution is 0.288. The van der Waals surface area contributed by atoms with Crippen LogP contribution in [0.4, 0.5) is 0 Å². The molecule has 0 aliphatic heterocycles. The molecule has 0 unspecified atom stereocenters. The monoisotopic (exact) mass is 352 g/mol. The SMILES string of the molecule is Cc1ccccc1OCc1nc2cc(Cl)ccc2n1Cc1ccco1. The van der Waals surface area contributed by atoms with Crippen molar-refractivity contribution in [2.75, 3.05) is 0 Å². The molecule has 0 radical (unpaired) electrons. The average Bonchev–Trinajstić information content (AvgIpc) is 3.22. The third kappa shape index (κ3) is 3.26. The van der Waals surface area contributed by atoms with Gasteiger partial charge in [0.1, 0.15) is 23.9 Å². The molecular formula is C20H17ClN2O2. The molecule has 0 saturated heterocycles. The number of imidazole rings is 1. The van der Waals surface area contributed by atoms with Crippen LogP contribution in [-0.2, 0) is 13.2 Å². The molecule has 0 spiro atoms. The molecule has 2 aromatic carbocycles. The Morgan fingerprint density at radius 1 is 1.12 bits per heavy atom. The lowest BCUT2D eigenvalue weighted by atomic mass is 10.2. The maximum Gasteiger partial charge on any atom is 0.148 e. The van der Waals surface area contributed by atoms with E-state index in [1.165, 1.54) is 0 Å². The van der Waals surface area contributed by atoms with Crippen LogP contribution in [-0.4, -0.2) is 9.55 Å². The van der Waals surface area contributed by atoms with Gasteiger partial charge in [-0.1, -0.05) is 29.8 Å². The Morgan fingerprint density at radius 2 is 2.00 bits per heavy atom. The van der Waals surface area contributed by atoms with Gasteiger partial charge in [-0.3, -0.25) is 0 Å². The molecule has 0 bridgehead atoms. The minimum atomic E-state index is 0.373. The van der Waals surface area contributed by atoms with E-state index in [9.17, 15) is 0 Å². The van der Waals surface area contributed by atoms with Gasteiger partial charge in [-0.2, -0.15) is 0 Å². The van der Waals surface area contributed by atoms with Crippen molar-refractivity contribution in [3.8, 4) is 5.75 Å². The fraction of sp³-hybridized carbons (Fsp3) is 0.150. The summed E-state index contributed by atoms with van der Waals surface area (Å²) >= 11 is 6.12. The first kappa shape index (κ1) is 15.8. The molecule has 0 aliphatic carbocycles. The Kier molecular flexibility index (Phi) is 4.20. The highest BCUT2D eigenvalue weighted by atomic mass is 35.5. The number of fused-ring (bicyclic) bond motifs is 1. The van der Waals surface area contributed by atoms with Crippen molar-refractivity contribution in [1.82, 2.24) is 9.55 Å². The van der Waals surface area contributed by atoms with Gasteiger partial charge in [0.05, 0.1) is 23.8 Å². The summed E-state index contributed by atoms with van der Waals surface area (Å²) in [6, 6.07) is 17.5. The maximum absolute atomic E-state index is 6.12. The molecule has 0 aliphatic rings. The lowest BCUT2D eigenvalue weighted by Gasteiger charge is -2.11. The largest absolute Gasteiger partial charge is 0.485 e. The summed E-state index contributed by atoms with van der Waals surface area (Å²) in [7, 11) is 0. The van der Waals surface area contributed by atoms with Gasteiger partial charge in [-0.15, -0.1) is 0 Å². The van der Waals surface area contributed by atoms with Crippen LogP contribution in [0.3, 0.4) is 0 Å². The van der Waals surface area contributed by atoms with E-state index in [0.29, 0.717) is 18.2 Å². The Hall–Kier alpha value is -2.72. The number of aryl methyl sites for hydroxylation is 1. The first-order chi connectivity index (χ1) is 12.2.